The topological polar surface area (TPSA) is 48.7 Å². The van der Waals surface area contributed by atoms with E-state index in [4.69, 9.17) is 5.10 Å². The maximum Gasteiger partial charge on any atom is 0.115 e. The highest BCUT2D eigenvalue weighted by Gasteiger charge is 2.29. The van der Waals surface area contributed by atoms with Crippen molar-refractivity contribution in [3.63, 3.8) is 0 Å². The van der Waals surface area contributed by atoms with Crippen LogP contribution in [0.4, 0.5) is 5.69 Å². The second kappa shape index (κ2) is 6.16. The molecule has 0 unspecified atom stereocenters. The maximum absolute atomic E-state index is 9.85. The van der Waals surface area contributed by atoms with Crippen molar-refractivity contribution in [1.29, 1.82) is 0 Å². The zero-order valence-electron chi connectivity index (χ0n) is 13.1. The van der Waals surface area contributed by atoms with Crippen molar-refractivity contribution in [3.05, 3.63) is 90.3 Å². The number of benzene rings is 2. The molecule has 118 valence electrons. The average Bonchev–Trinajstić information content (AvgIpc) is 3.09. The Bertz CT molecular complexity index is 862. The molecule has 3 aromatic rings. The summed E-state index contributed by atoms with van der Waals surface area (Å²) in [5.74, 6) is 0.276. The number of pyridine rings is 1. The number of hydrogen-bond donors (Lipinski definition) is 1. The van der Waals surface area contributed by atoms with Gasteiger partial charge in [0, 0.05) is 24.4 Å². The largest absolute Gasteiger partial charge is 0.508 e. The molecular weight excluding hydrogens is 298 g/mol. The van der Waals surface area contributed by atoms with Crippen LogP contribution in [0.25, 0.3) is 0 Å². The van der Waals surface area contributed by atoms with Crippen LogP contribution in [-0.4, -0.2) is 15.8 Å². The first kappa shape index (κ1) is 14.5. The van der Waals surface area contributed by atoms with E-state index in [1.54, 1.807) is 18.5 Å². The average molecular weight is 315 g/mol. The van der Waals surface area contributed by atoms with E-state index in [2.05, 4.69) is 17.1 Å². The number of anilines is 1. The smallest absolute Gasteiger partial charge is 0.115 e. The van der Waals surface area contributed by atoms with Gasteiger partial charge in [-0.2, -0.15) is 5.10 Å². The number of hydrogen-bond acceptors (Lipinski definition) is 4. The van der Waals surface area contributed by atoms with Crippen molar-refractivity contribution in [3.8, 4) is 5.75 Å². The summed E-state index contributed by atoms with van der Waals surface area (Å²) >= 11 is 0. The number of nitrogens with zero attached hydrogens (tertiary/aromatic N) is 3. The third-order valence-electron chi connectivity index (χ3n) is 4.20. The van der Waals surface area contributed by atoms with Gasteiger partial charge in [0.2, 0.25) is 0 Å². The molecule has 2 heterocycles. The van der Waals surface area contributed by atoms with E-state index in [-0.39, 0.29) is 11.8 Å². The van der Waals surface area contributed by atoms with Crippen LogP contribution in [-0.2, 0) is 0 Å². The molecule has 0 fully saturated rings. The third-order valence-corrected chi connectivity index (χ3v) is 4.20. The first-order valence-electron chi connectivity index (χ1n) is 7.92. The van der Waals surface area contributed by atoms with Crippen molar-refractivity contribution in [2.24, 2.45) is 5.10 Å². The number of phenolic OH excluding ortho intramolecular Hbond substituents is 1. The number of rotatable bonds is 3. The summed E-state index contributed by atoms with van der Waals surface area (Å²) in [5, 5.41) is 16.7. The van der Waals surface area contributed by atoms with E-state index in [9.17, 15) is 5.11 Å². The Labute approximate surface area is 140 Å². The molecule has 0 saturated carbocycles. The van der Waals surface area contributed by atoms with Crippen molar-refractivity contribution < 1.29 is 5.11 Å². The summed E-state index contributed by atoms with van der Waals surface area (Å²) in [5.41, 5.74) is 4.18. The normalized spacial score (nSPS) is 16.9. The van der Waals surface area contributed by atoms with Gasteiger partial charge in [0.15, 0.2) is 0 Å². The van der Waals surface area contributed by atoms with Crippen LogP contribution in [0, 0.1) is 0 Å². The Kier molecular flexibility index (Phi) is 3.71. The molecule has 0 spiro atoms. The predicted octanol–water partition coefficient (Wildman–Crippen LogP) is 4.14. The fourth-order valence-electron chi connectivity index (χ4n) is 3.04. The molecule has 0 bridgehead atoms. The lowest BCUT2D eigenvalue weighted by molar-refractivity contribution is 0.473. The number of phenols is 1. The van der Waals surface area contributed by atoms with Crippen LogP contribution in [0.1, 0.15) is 23.6 Å². The fraction of sp³-hybridized carbons (Fsp3) is 0.100. The van der Waals surface area contributed by atoms with Crippen molar-refractivity contribution in [2.45, 2.75) is 12.5 Å². The summed E-state index contributed by atoms with van der Waals surface area (Å²) in [6.07, 6.45) is 4.35. The van der Waals surface area contributed by atoms with Gasteiger partial charge in [0.25, 0.3) is 0 Å². The highest BCUT2D eigenvalue weighted by Crippen LogP contribution is 2.37. The van der Waals surface area contributed by atoms with Gasteiger partial charge >= 0.3 is 0 Å². The Hall–Kier alpha value is -3.14. The summed E-state index contributed by atoms with van der Waals surface area (Å²) < 4.78 is 0. The van der Waals surface area contributed by atoms with Crippen LogP contribution in [0.15, 0.2) is 84.2 Å². The lowest BCUT2D eigenvalue weighted by Crippen LogP contribution is -2.18. The molecule has 4 rings (SSSR count). The van der Waals surface area contributed by atoms with Gasteiger partial charge in [0.05, 0.1) is 17.4 Å². The molecular formula is C20H17N3O. The van der Waals surface area contributed by atoms with Crippen LogP contribution in [0.2, 0.25) is 0 Å². The van der Waals surface area contributed by atoms with Gasteiger partial charge < -0.3 is 5.11 Å². The minimum absolute atomic E-state index is 0.0580. The maximum atomic E-state index is 9.85. The van der Waals surface area contributed by atoms with E-state index in [1.807, 2.05) is 53.5 Å². The standard InChI is InChI=1S/C20H17N3O/c24-18-8-4-5-16(13-18)20-14-19(15-9-11-21-12-10-15)22-23(20)17-6-2-1-3-7-17/h1-13,20,24H,14H2/t20-/m0/s1. The molecule has 1 N–H and O–H groups in total. The minimum atomic E-state index is 0.0580. The summed E-state index contributed by atoms with van der Waals surface area (Å²) in [4.78, 5) is 4.08. The molecule has 24 heavy (non-hydrogen) atoms. The van der Waals surface area contributed by atoms with E-state index >= 15 is 0 Å². The van der Waals surface area contributed by atoms with E-state index in [0.717, 1.165) is 28.9 Å². The van der Waals surface area contributed by atoms with Crippen LogP contribution < -0.4 is 5.01 Å². The number of aromatic nitrogens is 1. The summed E-state index contributed by atoms with van der Waals surface area (Å²) in [6.45, 7) is 0. The van der Waals surface area contributed by atoms with Gasteiger partial charge in [-0.25, -0.2) is 0 Å². The van der Waals surface area contributed by atoms with Crippen LogP contribution in [0.5, 0.6) is 5.75 Å². The molecule has 0 amide bonds. The SMILES string of the molecule is Oc1cccc([C@@H]2CC(c3ccncc3)=NN2c2ccccc2)c1. The van der Waals surface area contributed by atoms with Gasteiger partial charge in [-0.05, 0) is 42.0 Å². The van der Waals surface area contributed by atoms with Crippen LogP contribution in [0.3, 0.4) is 0 Å². The molecule has 1 aliphatic rings. The van der Waals surface area contributed by atoms with Gasteiger partial charge in [-0.1, -0.05) is 30.3 Å². The molecule has 4 heteroatoms. The molecule has 0 radical (unpaired) electrons. The van der Waals surface area contributed by atoms with Gasteiger partial charge in [0.1, 0.15) is 5.75 Å². The second-order valence-electron chi connectivity index (χ2n) is 5.78. The quantitative estimate of drug-likeness (QED) is 0.790. The predicted molar refractivity (Wildman–Crippen MR) is 95.2 cm³/mol. The second-order valence-corrected chi connectivity index (χ2v) is 5.78. The minimum Gasteiger partial charge on any atom is -0.508 e. The zero-order valence-corrected chi connectivity index (χ0v) is 13.1. The molecule has 1 aliphatic heterocycles. The Morgan fingerprint density at radius 2 is 1.71 bits per heavy atom. The van der Waals surface area contributed by atoms with E-state index in [1.165, 1.54) is 0 Å². The number of para-hydroxylation sites is 1. The molecule has 2 aromatic carbocycles. The Balaban J connectivity index is 1.76. The van der Waals surface area contributed by atoms with Crippen molar-refractivity contribution >= 4 is 11.4 Å². The molecule has 1 aromatic heterocycles. The first-order valence-corrected chi connectivity index (χ1v) is 7.92. The highest BCUT2D eigenvalue weighted by atomic mass is 16.3. The summed E-state index contributed by atoms with van der Waals surface area (Å²) in [6, 6.07) is 21.5. The lowest BCUT2D eigenvalue weighted by atomic mass is 9.98. The fourth-order valence-corrected chi connectivity index (χ4v) is 3.04. The van der Waals surface area contributed by atoms with E-state index < -0.39 is 0 Å². The van der Waals surface area contributed by atoms with Gasteiger partial charge in [-0.15, -0.1) is 0 Å². The van der Waals surface area contributed by atoms with E-state index in [0.29, 0.717) is 0 Å². The first-order chi connectivity index (χ1) is 11.8. The Morgan fingerprint density at radius 3 is 2.46 bits per heavy atom. The zero-order chi connectivity index (χ0) is 16.4. The van der Waals surface area contributed by atoms with Crippen molar-refractivity contribution in [1.82, 2.24) is 4.98 Å². The lowest BCUT2D eigenvalue weighted by Gasteiger charge is -2.24. The summed E-state index contributed by atoms with van der Waals surface area (Å²) in [7, 11) is 0. The number of aromatic hydroxyl groups is 1. The van der Waals surface area contributed by atoms with Crippen LogP contribution >= 0.6 is 0 Å². The third kappa shape index (κ3) is 2.74. The van der Waals surface area contributed by atoms with Gasteiger partial charge in [-0.3, -0.25) is 9.99 Å². The van der Waals surface area contributed by atoms with Crippen molar-refractivity contribution in [2.75, 3.05) is 5.01 Å². The molecule has 0 saturated heterocycles. The Morgan fingerprint density at radius 1 is 0.917 bits per heavy atom. The monoisotopic (exact) mass is 315 g/mol. The highest BCUT2D eigenvalue weighted by molar-refractivity contribution is 6.03. The molecule has 1 atom stereocenters. The number of hydrazone groups is 1. The molecule has 0 aliphatic carbocycles. The molecule has 4 nitrogen and oxygen atoms in total.